The van der Waals surface area contributed by atoms with E-state index in [0.29, 0.717) is 0 Å². The molecule has 0 aromatic heterocycles. The van der Waals surface area contributed by atoms with Crippen molar-refractivity contribution in [2.45, 2.75) is 26.7 Å². The molecule has 13 heavy (non-hydrogen) atoms. The number of methoxy groups -OCH3 is 1. The van der Waals surface area contributed by atoms with Gasteiger partial charge in [-0.3, -0.25) is 0 Å². The van der Waals surface area contributed by atoms with Gasteiger partial charge in [0, 0.05) is 0 Å². The minimum atomic E-state index is 0.757. The Kier molecular flexibility index (Phi) is 3.81. The largest absolute Gasteiger partial charge is 0.497 e. The summed E-state index contributed by atoms with van der Waals surface area (Å²) < 4.78 is 5.17. The topological polar surface area (TPSA) is 9.23 Å². The number of hydrogen-bond acceptors (Lipinski definition) is 1. The Labute approximate surface area is 80.7 Å². The summed E-state index contributed by atoms with van der Waals surface area (Å²) in [6.07, 6.45) is 2.38. The number of hydrogen-bond donors (Lipinski definition) is 0. The summed E-state index contributed by atoms with van der Waals surface area (Å²) in [5, 5.41) is 0. The highest BCUT2D eigenvalue weighted by molar-refractivity contribution is 5.28. The normalized spacial score (nSPS) is 12.5. The highest BCUT2D eigenvalue weighted by Crippen LogP contribution is 2.16. The van der Waals surface area contributed by atoms with Gasteiger partial charge in [-0.15, -0.1) is 0 Å². The van der Waals surface area contributed by atoms with E-state index in [2.05, 4.69) is 32.0 Å². The molecule has 1 aromatic carbocycles. The van der Waals surface area contributed by atoms with Gasteiger partial charge >= 0.3 is 0 Å². The Hall–Kier alpha value is -0.980. The van der Waals surface area contributed by atoms with E-state index in [0.717, 1.165) is 18.1 Å². The van der Waals surface area contributed by atoms with Crippen LogP contribution < -0.4 is 4.74 Å². The van der Waals surface area contributed by atoms with E-state index in [4.69, 9.17) is 4.74 Å². The van der Waals surface area contributed by atoms with Crippen LogP contribution in [0.1, 0.15) is 25.8 Å². The molecule has 0 amide bonds. The highest BCUT2D eigenvalue weighted by Gasteiger charge is 2.01. The maximum atomic E-state index is 5.17. The monoisotopic (exact) mass is 178 g/mol. The third-order valence-corrected chi connectivity index (χ3v) is 2.42. The summed E-state index contributed by atoms with van der Waals surface area (Å²) in [6.45, 7) is 4.50. The van der Waals surface area contributed by atoms with Crippen LogP contribution in [0, 0.1) is 5.92 Å². The molecular weight excluding hydrogens is 160 g/mol. The highest BCUT2D eigenvalue weighted by atomic mass is 16.5. The van der Waals surface area contributed by atoms with Crippen LogP contribution in [-0.2, 0) is 6.42 Å². The predicted molar refractivity (Wildman–Crippen MR) is 56.2 cm³/mol. The van der Waals surface area contributed by atoms with Gasteiger partial charge in [-0.05, 0) is 30.0 Å². The van der Waals surface area contributed by atoms with E-state index < -0.39 is 0 Å². The third-order valence-electron chi connectivity index (χ3n) is 2.42. The van der Waals surface area contributed by atoms with Crippen molar-refractivity contribution in [1.29, 1.82) is 0 Å². The fourth-order valence-corrected chi connectivity index (χ4v) is 1.35. The van der Waals surface area contributed by atoms with Crippen LogP contribution >= 0.6 is 0 Å². The van der Waals surface area contributed by atoms with Crippen molar-refractivity contribution in [3.05, 3.63) is 29.8 Å². The quantitative estimate of drug-likeness (QED) is 0.687. The maximum Gasteiger partial charge on any atom is 0.119 e. The van der Waals surface area contributed by atoms with Gasteiger partial charge < -0.3 is 4.74 Å². The molecule has 72 valence electrons. The number of rotatable bonds is 4. The lowest BCUT2D eigenvalue weighted by atomic mass is 9.99. The zero-order valence-electron chi connectivity index (χ0n) is 8.71. The van der Waals surface area contributed by atoms with Gasteiger partial charge in [0.1, 0.15) is 5.75 Å². The van der Waals surface area contributed by atoms with Crippen molar-refractivity contribution in [1.82, 2.24) is 0 Å². The van der Waals surface area contributed by atoms with Crippen LogP contribution in [0.4, 0.5) is 0 Å². The van der Waals surface area contributed by atoms with Crippen LogP contribution in [0.25, 0.3) is 0 Å². The Bertz CT molecular complexity index is 255. The Morgan fingerprint density at radius 2 is 2.15 bits per heavy atom. The first kappa shape index (κ1) is 10.1. The van der Waals surface area contributed by atoms with Crippen molar-refractivity contribution < 1.29 is 4.74 Å². The van der Waals surface area contributed by atoms with Crippen molar-refractivity contribution in [2.75, 3.05) is 7.11 Å². The summed E-state index contributed by atoms with van der Waals surface area (Å²) in [5.41, 5.74) is 1.37. The summed E-state index contributed by atoms with van der Waals surface area (Å²) in [6, 6.07) is 8.32. The molecule has 0 saturated carbocycles. The molecule has 1 rings (SSSR count). The molecule has 0 aliphatic carbocycles. The molecule has 0 aliphatic heterocycles. The van der Waals surface area contributed by atoms with E-state index in [-0.39, 0.29) is 0 Å². The number of ether oxygens (including phenoxy) is 1. The molecule has 0 radical (unpaired) electrons. The van der Waals surface area contributed by atoms with E-state index in [1.807, 2.05) is 6.07 Å². The lowest BCUT2D eigenvalue weighted by molar-refractivity contribution is 0.413. The molecule has 1 nitrogen and oxygen atoms in total. The molecule has 1 aromatic rings. The van der Waals surface area contributed by atoms with Gasteiger partial charge in [0.15, 0.2) is 0 Å². The molecule has 0 spiro atoms. The standard InChI is InChI=1S/C12H18O/c1-4-10(2)8-11-6-5-7-12(9-11)13-3/h5-7,9-10H,4,8H2,1-3H3/t10-/m1/s1. The summed E-state index contributed by atoms with van der Waals surface area (Å²) in [4.78, 5) is 0. The molecular formula is C12H18O. The third kappa shape index (κ3) is 3.10. The second-order valence-electron chi connectivity index (χ2n) is 3.57. The minimum absolute atomic E-state index is 0.757. The summed E-state index contributed by atoms with van der Waals surface area (Å²) in [5.74, 6) is 1.72. The fraction of sp³-hybridized carbons (Fsp3) is 0.500. The minimum Gasteiger partial charge on any atom is -0.497 e. The van der Waals surface area contributed by atoms with Crippen molar-refractivity contribution >= 4 is 0 Å². The molecule has 0 unspecified atom stereocenters. The van der Waals surface area contributed by atoms with E-state index in [1.54, 1.807) is 7.11 Å². The van der Waals surface area contributed by atoms with Gasteiger partial charge in [-0.2, -0.15) is 0 Å². The van der Waals surface area contributed by atoms with Gasteiger partial charge in [0.25, 0.3) is 0 Å². The lowest BCUT2D eigenvalue weighted by Crippen LogP contribution is -1.97. The predicted octanol–water partition coefficient (Wildman–Crippen LogP) is 3.28. The Morgan fingerprint density at radius 3 is 2.77 bits per heavy atom. The second-order valence-corrected chi connectivity index (χ2v) is 3.57. The van der Waals surface area contributed by atoms with Crippen LogP contribution in [0.3, 0.4) is 0 Å². The molecule has 0 saturated heterocycles. The zero-order valence-corrected chi connectivity index (χ0v) is 8.71. The van der Waals surface area contributed by atoms with E-state index >= 15 is 0 Å². The Balaban J connectivity index is 2.66. The average molecular weight is 178 g/mol. The SMILES string of the molecule is CC[C@@H](C)Cc1cccc(OC)c1. The second kappa shape index (κ2) is 4.90. The molecule has 1 heteroatoms. The number of benzene rings is 1. The van der Waals surface area contributed by atoms with Gasteiger partial charge in [0.2, 0.25) is 0 Å². The molecule has 0 N–H and O–H groups in total. The van der Waals surface area contributed by atoms with E-state index in [9.17, 15) is 0 Å². The van der Waals surface area contributed by atoms with Gasteiger partial charge in [-0.25, -0.2) is 0 Å². The molecule has 0 bridgehead atoms. The van der Waals surface area contributed by atoms with Crippen LogP contribution in [0.5, 0.6) is 5.75 Å². The molecule has 0 heterocycles. The van der Waals surface area contributed by atoms with Crippen molar-refractivity contribution in [3.8, 4) is 5.75 Å². The van der Waals surface area contributed by atoms with Gasteiger partial charge in [0.05, 0.1) is 7.11 Å². The molecule has 0 aliphatic rings. The van der Waals surface area contributed by atoms with Crippen molar-refractivity contribution in [2.24, 2.45) is 5.92 Å². The summed E-state index contributed by atoms with van der Waals surface area (Å²) in [7, 11) is 1.71. The van der Waals surface area contributed by atoms with Crippen LogP contribution in [-0.4, -0.2) is 7.11 Å². The van der Waals surface area contributed by atoms with Crippen LogP contribution in [0.15, 0.2) is 24.3 Å². The summed E-state index contributed by atoms with van der Waals surface area (Å²) >= 11 is 0. The van der Waals surface area contributed by atoms with Crippen molar-refractivity contribution in [3.63, 3.8) is 0 Å². The first-order valence-electron chi connectivity index (χ1n) is 4.89. The van der Waals surface area contributed by atoms with Crippen LogP contribution in [0.2, 0.25) is 0 Å². The first-order valence-corrected chi connectivity index (χ1v) is 4.89. The lowest BCUT2D eigenvalue weighted by Gasteiger charge is -2.09. The Morgan fingerprint density at radius 1 is 1.38 bits per heavy atom. The smallest absolute Gasteiger partial charge is 0.119 e. The fourth-order valence-electron chi connectivity index (χ4n) is 1.35. The maximum absolute atomic E-state index is 5.17. The molecule has 1 atom stereocenters. The average Bonchev–Trinajstić information content (AvgIpc) is 2.18. The zero-order chi connectivity index (χ0) is 9.68. The first-order chi connectivity index (χ1) is 6.26. The molecule has 0 fully saturated rings. The van der Waals surface area contributed by atoms with E-state index in [1.165, 1.54) is 12.0 Å². The van der Waals surface area contributed by atoms with Gasteiger partial charge in [-0.1, -0.05) is 32.4 Å².